The van der Waals surface area contributed by atoms with Crippen molar-refractivity contribution < 1.29 is 9.53 Å². The van der Waals surface area contributed by atoms with Gasteiger partial charge >= 0.3 is 5.97 Å². The number of ether oxygens (including phenoxy) is 1. The summed E-state index contributed by atoms with van der Waals surface area (Å²) >= 11 is 0. The van der Waals surface area contributed by atoms with Crippen LogP contribution in [0.5, 0.6) is 5.75 Å². The van der Waals surface area contributed by atoms with Crippen molar-refractivity contribution in [2.45, 2.75) is 46.5 Å². The zero-order valence-electron chi connectivity index (χ0n) is 16.2. The minimum absolute atomic E-state index is 0. The molecule has 25 heavy (non-hydrogen) atoms. The van der Waals surface area contributed by atoms with Crippen molar-refractivity contribution >= 4 is 18.4 Å². The lowest BCUT2D eigenvalue weighted by Gasteiger charge is -2.33. The van der Waals surface area contributed by atoms with Gasteiger partial charge in [0.1, 0.15) is 5.75 Å². The van der Waals surface area contributed by atoms with Crippen molar-refractivity contribution in [3.05, 3.63) is 29.3 Å². The maximum absolute atomic E-state index is 12.5. The van der Waals surface area contributed by atoms with Crippen LogP contribution in [-0.2, 0) is 4.79 Å². The number of hydrogen-bond acceptors (Lipinski definition) is 4. The highest BCUT2D eigenvalue weighted by Gasteiger charge is 2.21. The number of hydrogen-bond donors (Lipinski definition) is 0. The van der Waals surface area contributed by atoms with E-state index in [1.807, 2.05) is 0 Å². The number of benzene rings is 1. The molecule has 2 rings (SSSR count). The molecule has 0 aromatic heterocycles. The predicted octanol–water partition coefficient (Wildman–Crippen LogP) is 3.90. The summed E-state index contributed by atoms with van der Waals surface area (Å²) in [5.41, 5.74) is 2.23. The van der Waals surface area contributed by atoms with E-state index in [-0.39, 0.29) is 18.4 Å². The molecular weight excluding hydrogens is 336 g/mol. The third-order valence-electron chi connectivity index (χ3n) is 4.80. The Morgan fingerprint density at radius 1 is 1.00 bits per heavy atom. The van der Waals surface area contributed by atoms with Crippen LogP contribution < -0.4 is 4.74 Å². The second-order valence-corrected chi connectivity index (χ2v) is 7.26. The van der Waals surface area contributed by atoms with Crippen molar-refractivity contribution in [2.75, 3.05) is 39.3 Å². The highest BCUT2D eigenvalue weighted by Crippen LogP contribution is 2.34. The topological polar surface area (TPSA) is 32.8 Å². The Labute approximate surface area is 158 Å². The summed E-state index contributed by atoms with van der Waals surface area (Å²) in [6.07, 6.45) is 0. The molecule has 1 aromatic carbocycles. The Balaban J connectivity index is 0.00000312. The summed E-state index contributed by atoms with van der Waals surface area (Å²) in [5.74, 6) is 1.30. The van der Waals surface area contributed by atoms with Gasteiger partial charge in [0.2, 0.25) is 0 Å². The fraction of sp³-hybridized carbons (Fsp3) is 0.650. The number of likely N-dealkylation sites (N-methyl/N-ethyl adjacent to an activating group) is 1. The van der Waals surface area contributed by atoms with E-state index in [2.05, 4.69) is 62.6 Å². The molecule has 0 bridgehead atoms. The van der Waals surface area contributed by atoms with Crippen LogP contribution >= 0.6 is 12.4 Å². The highest BCUT2D eigenvalue weighted by atomic mass is 35.5. The van der Waals surface area contributed by atoms with Gasteiger partial charge in [-0.15, -0.1) is 12.4 Å². The molecule has 0 atom stereocenters. The van der Waals surface area contributed by atoms with E-state index < -0.39 is 0 Å². The van der Waals surface area contributed by atoms with Gasteiger partial charge in [-0.25, -0.2) is 0 Å². The van der Waals surface area contributed by atoms with Gasteiger partial charge in [-0.1, -0.05) is 52.8 Å². The summed E-state index contributed by atoms with van der Waals surface area (Å²) in [7, 11) is 0. The molecule has 1 heterocycles. The Kier molecular flexibility index (Phi) is 8.91. The summed E-state index contributed by atoms with van der Waals surface area (Å²) in [4.78, 5) is 17.1. The van der Waals surface area contributed by atoms with Crippen LogP contribution in [0.1, 0.15) is 57.6 Å². The largest absolute Gasteiger partial charge is 0.425 e. The Bertz CT molecular complexity index is 526. The number of halogens is 1. The van der Waals surface area contributed by atoms with Gasteiger partial charge in [0.15, 0.2) is 0 Å². The van der Waals surface area contributed by atoms with Gasteiger partial charge in [0, 0.05) is 26.2 Å². The number of piperazine rings is 1. The maximum Gasteiger partial charge on any atom is 0.325 e. The van der Waals surface area contributed by atoms with Crippen LogP contribution in [-0.4, -0.2) is 55.0 Å². The minimum Gasteiger partial charge on any atom is -0.425 e. The summed E-state index contributed by atoms with van der Waals surface area (Å²) in [6.45, 7) is 16.1. The molecule has 0 saturated carbocycles. The summed E-state index contributed by atoms with van der Waals surface area (Å²) in [6, 6.07) is 6.20. The van der Waals surface area contributed by atoms with Crippen LogP contribution in [0, 0.1) is 0 Å². The first-order chi connectivity index (χ1) is 11.4. The van der Waals surface area contributed by atoms with Crippen molar-refractivity contribution in [2.24, 2.45) is 0 Å². The fourth-order valence-corrected chi connectivity index (χ4v) is 3.19. The van der Waals surface area contributed by atoms with Gasteiger partial charge in [0.25, 0.3) is 0 Å². The second-order valence-electron chi connectivity index (χ2n) is 7.26. The van der Waals surface area contributed by atoms with Crippen LogP contribution in [0.2, 0.25) is 0 Å². The Morgan fingerprint density at radius 3 is 1.92 bits per heavy atom. The molecule has 0 spiro atoms. The number of rotatable bonds is 6. The van der Waals surface area contributed by atoms with Crippen LogP contribution in [0.4, 0.5) is 0 Å². The molecular formula is C20H33ClN2O2. The van der Waals surface area contributed by atoms with Crippen molar-refractivity contribution in [1.82, 2.24) is 9.80 Å². The van der Waals surface area contributed by atoms with Crippen molar-refractivity contribution in [1.29, 1.82) is 0 Å². The Hall–Kier alpha value is -1.10. The van der Waals surface area contributed by atoms with Gasteiger partial charge in [0.05, 0.1) is 6.54 Å². The molecule has 142 valence electrons. The third-order valence-corrected chi connectivity index (χ3v) is 4.80. The van der Waals surface area contributed by atoms with Crippen molar-refractivity contribution in [3.8, 4) is 5.75 Å². The number of nitrogens with zero attached hydrogens (tertiary/aromatic N) is 2. The number of carbonyl (C=O) groups excluding carboxylic acids is 1. The first-order valence-electron chi connectivity index (χ1n) is 9.20. The number of para-hydroxylation sites is 1. The molecule has 1 aliphatic heterocycles. The second kappa shape index (κ2) is 10.1. The SMILES string of the molecule is CCN1CCN(CC(=O)Oc2c(C(C)C)cccc2C(C)C)CC1.Cl. The average molecular weight is 369 g/mol. The zero-order valence-corrected chi connectivity index (χ0v) is 17.1. The molecule has 0 unspecified atom stereocenters. The lowest BCUT2D eigenvalue weighted by Crippen LogP contribution is -2.48. The predicted molar refractivity (Wildman–Crippen MR) is 106 cm³/mol. The van der Waals surface area contributed by atoms with Crippen LogP contribution in [0.25, 0.3) is 0 Å². The zero-order chi connectivity index (χ0) is 17.7. The monoisotopic (exact) mass is 368 g/mol. The van der Waals surface area contributed by atoms with Crippen LogP contribution in [0.15, 0.2) is 18.2 Å². The lowest BCUT2D eigenvalue weighted by atomic mass is 9.94. The molecule has 1 aromatic rings. The lowest BCUT2D eigenvalue weighted by molar-refractivity contribution is -0.136. The molecule has 1 aliphatic rings. The van der Waals surface area contributed by atoms with Gasteiger partial charge in [-0.05, 0) is 29.5 Å². The molecule has 0 N–H and O–H groups in total. The molecule has 1 fully saturated rings. The maximum atomic E-state index is 12.5. The fourth-order valence-electron chi connectivity index (χ4n) is 3.19. The van der Waals surface area contributed by atoms with E-state index in [9.17, 15) is 4.79 Å². The third kappa shape index (κ3) is 5.98. The molecule has 4 nitrogen and oxygen atoms in total. The first-order valence-corrected chi connectivity index (χ1v) is 9.20. The van der Waals surface area contributed by atoms with Crippen molar-refractivity contribution in [3.63, 3.8) is 0 Å². The van der Waals surface area contributed by atoms with E-state index in [4.69, 9.17) is 4.74 Å². The molecule has 5 heteroatoms. The summed E-state index contributed by atoms with van der Waals surface area (Å²) < 4.78 is 5.86. The standard InChI is InChI=1S/C20H32N2O2.ClH/c1-6-21-10-12-22(13-11-21)14-19(23)24-20-17(15(2)3)8-7-9-18(20)16(4)5;/h7-9,15-16H,6,10-14H2,1-5H3;1H. The minimum atomic E-state index is -0.144. The quantitative estimate of drug-likeness (QED) is 0.563. The molecule has 0 radical (unpaired) electrons. The van der Waals surface area contributed by atoms with E-state index in [1.165, 1.54) is 0 Å². The Morgan fingerprint density at radius 2 is 1.48 bits per heavy atom. The highest BCUT2D eigenvalue weighted by molar-refractivity contribution is 5.85. The molecule has 1 saturated heterocycles. The van der Waals surface area contributed by atoms with Gasteiger partial charge < -0.3 is 9.64 Å². The van der Waals surface area contributed by atoms with Gasteiger partial charge in [-0.3, -0.25) is 9.69 Å². The van der Waals surface area contributed by atoms with E-state index in [0.29, 0.717) is 18.4 Å². The first kappa shape index (κ1) is 21.9. The normalized spacial score (nSPS) is 16.1. The molecule has 0 amide bonds. The van der Waals surface area contributed by atoms with E-state index in [0.717, 1.165) is 49.6 Å². The number of carbonyl (C=O) groups is 1. The van der Waals surface area contributed by atoms with E-state index >= 15 is 0 Å². The smallest absolute Gasteiger partial charge is 0.325 e. The van der Waals surface area contributed by atoms with Gasteiger partial charge in [-0.2, -0.15) is 0 Å². The van der Waals surface area contributed by atoms with Crippen LogP contribution in [0.3, 0.4) is 0 Å². The van der Waals surface area contributed by atoms with E-state index in [1.54, 1.807) is 0 Å². The summed E-state index contributed by atoms with van der Waals surface area (Å²) in [5, 5.41) is 0. The molecule has 0 aliphatic carbocycles. The number of esters is 1. The average Bonchev–Trinajstić information content (AvgIpc) is 2.55.